The van der Waals surface area contributed by atoms with Gasteiger partial charge in [0.15, 0.2) is 4.80 Å². The number of rotatable bonds is 4. The number of nitrogens with one attached hydrogen (secondary N) is 1. The highest BCUT2D eigenvalue weighted by atomic mass is 32.1. The Hall–Kier alpha value is -4.03. The number of carbonyl (C=O) groups excluding carboxylic acids is 1. The zero-order chi connectivity index (χ0) is 22.8. The lowest BCUT2D eigenvalue weighted by Gasteiger charge is -2.25. The van der Waals surface area contributed by atoms with Crippen molar-refractivity contribution >= 4 is 29.0 Å². The lowest BCUT2D eigenvalue weighted by Crippen LogP contribution is -2.40. The van der Waals surface area contributed by atoms with Gasteiger partial charge in [-0.2, -0.15) is 0 Å². The second-order valence-electron chi connectivity index (χ2n) is 7.72. The smallest absolute Gasteiger partial charge is 0.271 e. The van der Waals surface area contributed by atoms with Crippen LogP contribution < -0.4 is 20.2 Å². The van der Waals surface area contributed by atoms with E-state index in [0.29, 0.717) is 26.3 Å². The minimum absolute atomic E-state index is 0.158. The first-order valence-corrected chi connectivity index (χ1v) is 11.4. The van der Waals surface area contributed by atoms with Crippen LogP contribution in [-0.4, -0.2) is 10.5 Å². The number of carbonyl (C=O) groups is 1. The van der Waals surface area contributed by atoms with Gasteiger partial charge in [0.05, 0.1) is 21.8 Å². The van der Waals surface area contributed by atoms with E-state index in [9.17, 15) is 9.59 Å². The van der Waals surface area contributed by atoms with Gasteiger partial charge in [0, 0.05) is 5.69 Å². The SMILES string of the molecule is CC1=C(C(=O)Nc2ccccc2)C(c2ccccc2)n2c(s/c(=C\c3ccccc3)c2=O)=N1. The van der Waals surface area contributed by atoms with Crippen molar-refractivity contribution in [1.29, 1.82) is 0 Å². The van der Waals surface area contributed by atoms with Crippen molar-refractivity contribution in [2.45, 2.75) is 13.0 Å². The Bertz CT molecular complexity index is 1520. The molecule has 0 spiro atoms. The standard InChI is InChI=1S/C27H21N3O2S/c1-18-23(25(31)29-21-15-9-4-10-16-21)24(20-13-7-3-8-14-20)30-26(32)22(33-27(30)28-18)17-19-11-5-2-6-12-19/h2-17,24H,1H3,(H,29,31)/b22-17-. The molecule has 0 aliphatic carbocycles. The maximum atomic E-state index is 13.6. The van der Waals surface area contributed by atoms with E-state index in [4.69, 9.17) is 0 Å². The zero-order valence-electron chi connectivity index (χ0n) is 17.9. The summed E-state index contributed by atoms with van der Waals surface area (Å²) in [4.78, 5) is 32.3. The van der Waals surface area contributed by atoms with Crippen molar-refractivity contribution < 1.29 is 4.79 Å². The molecule has 162 valence electrons. The normalized spacial score (nSPS) is 15.7. The van der Waals surface area contributed by atoms with E-state index < -0.39 is 6.04 Å². The summed E-state index contributed by atoms with van der Waals surface area (Å²) >= 11 is 1.34. The topological polar surface area (TPSA) is 63.5 Å². The molecule has 6 heteroatoms. The number of fused-ring (bicyclic) bond motifs is 1. The van der Waals surface area contributed by atoms with Crippen molar-refractivity contribution in [3.63, 3.8) is 0 Å². The lowest BCUT2D eigenvalue weighted by molar-refractivity contribution is -0.113. The Balaban J connectivity index is 1.67. The van der Waals surface area contributed by atoms with Gasteiger partial charge in [-0.1, -0.05) is 90.2 Å². The van der Waals surface area contributed by atoms with Crippen LogP contribution in [0.1, 0.15) is 24.1 Å². The minimum Gasteiger partial charge on any atom is -0.322 e. The summed E-state index contributed by atoms with van der Waals surface area (Å²) in [5, 5.41) is 2.96. The number of para-hydroxylation sites is 1. The van der Waals surface area contributed by atoms with Gasteiger partial charge in [0.1, 0.15) is 0 Å². The molecule has 1 aromatic heterocycles. The molecule has 33 heavy (non-hydrogen) atoms. The maximum Gasteiger partial charge on any atom is 0.271 e. The van der Waals surface area contributed by atoms with Gasteiger partial charge < -0.3 is 5.32 Å². The van der Waals surface area contributed by atoms with E-state index in [-0.39, 0.29) is 11.5 Å². The van der Waals surface area contributed by atoms with Crippen LogP contribution in [0.25, 0.3) is 6.08 Å². The van der Waals surface area contributed by atoms with Crippen molar-refractivity contribution in [2.75, 3.05) is 5.32 Å². The fraction of sp³-hybridized carbons (Fsp3) is 0.0741. The van der Waals surface area contributed by atoms with Gasteiger partial charge in [0.2, 0.25) is 0 Å². The summed E-state index contributed by atoms with van der Waals surface area (Å²) in [6, 6.07) is 28.1. The van der Waals surface area contributed by atoms with Gasteiger partial charge in [-0.05, 0) is 36.3 Å². The molecule has 0 bridgehead atoms. The van der Waals surface area contributed by atoms with Crippen LogP contribution in [0.15, 0.2) is 112 Å². The zero-order valence-corrected chi connectivity index (χ0v) is 18.8. The second kappa shape index (κ2) is 8.84. The molecule has 1 amide bonds. The molecule has 0 fully saturated rings. The van der Waals surface area contributed by atoms with Gasteiger partial charge >= 0.3 is 0 Å². The van der Waals surface area contributed by atoms with Crippen LogP contribution in [-0.2, 0) is 4.79 Å². The van der Waals surface area contributed by atoms with E-state index >= 15 is 0 Å². The van der Waals surface area contributed by atoms with Crippen molar-refractivity contribution in [2.24, 2.45) is 4.99 Å². The highest BCUT2D eigenvalue weighted by Crippen LogP contribution is 2.30. The van der Waals surface area contributed by atoms with Crippen LogP contribution in [0.2, 0.25) is 0 Å². The number of thiazole rings is 1. The first-order valence-electron chi connectivity index (χ1n) is 10.6. The van der Waals surface area contributed by atoms with Crippen molar-refractivity contribution in [1.82, 2.24) is 4.57 Å². The first kappa shape index (κ1) is 20.8. The number of amides is 1. The minimum atomic E-state index is -0.566. The predicted octanol–water partition coefficient (Wildman–Crippen LogP) is 3.87. The highest BCUT2D eigenvalue weighted by Gasteiger charge is 2.32. The summed E-state index contributed by atoms with van der Waals surface area (Å²) in [7, 11) is 0. The fourth-order valence-electron chi connectivity index (χ4n) is 3.98. The summed E-state index contributed by atoms with van der Waals surface area (Å²) in [5.41, 5.74) is 3.40. The van der Waals surface area contributed by atoms with Crippen molar-refractivity contribution in [3.8, 4) is 0 Å². The molecule has 4 aromatic rings. The third-order valence-electron chi connectivity index (χ3n) is 5.51. The maximum absolute atomic E-state index is 13.6. The molecule has 1 atom stereocenters. The van der Waals surface area contributed by atoms with Crippen molar-refractivity contribution in [3.05, 3.63) is 133 Å². The Labute approximate surface area is 194 Å². The Kier molecular flexibility index (Phi) is 5.59. The summed E-state index contributed by atoms with van der Waals surface area (Å²) in [6.45, 7) is 1.82. The molecule has 2 heterocycles. The monoisotopic (exact) mass is 451 g/mol. The molecule has 1 aliphatic rings. The largest absolute Gasteiger partial charge is 0.322 e. The number of hydrogen-bond acceptors (Lipinski definition) is 4. The van der Waals surface area contributed by atoms with Crippen LogP contribution >= 0.6 is 11.3 Å². The average molecular weight is 452 g/mol. The van der Waals surface area contributed by atoms with Gasteiger partial charge in [-0.3, -0.25) is 14.2 Å². The molecule has 3 aromatic carbocycles. The van der Waals surface area contributed by atoms with Gasteiger partial charge in [-0.15, -0.1) is 0 Å². The van der Waals surface area contributed by atoms with Crippen LogP contribution in [0.4, 0.5) is 5.69 Å². The fourth-order valence-corrected chi connectivity index (χ4v) is 5.03. The molecule has 1 unspecified atom stereocenters. The van der Waals surface area contributed by atoms with E-state index in [0.717, 1.165) is 11.1 Å². The van der Waals surface area contributed by atoms with Crippen LogP contribution in [0.3, 0.4) is 0 Å². The Morgan fingerprint density at radius 1 is 0.939 bits per heavy atom. The second-order valence-corrected chi connectivity index (χ2v) is 8.73. The number of benzene rings is 3. The first-order chi connectivity index (χ1) is 16.1. The van der Waals surface area contributed by atoms with E-state index in [1.165, 1.54) is 11.3 Å². The predicted molar refractivity (Wildman–Crippen MR) is 132 cm³/mol. The summed E-state index contributed by atoms with van der Waals surface area (Å²) < 4.78 is 2.22. The summed E-state index contributed by atoms with van der Waals surface area (Å²) in [5.74, 6) is -0.270. The molecule has 1 N–H and O–H groups in total. The molecular formula is C27H21N3O2S. The third kappa shape index (κ3) is 4.08. The van der Waals surface area contributed by atoms with Crippen LogP contribution in [0.5, 0.6) is 0 Å². The van der Waals surface area contributed by atoms with Crippen LogP contribution in [0, 0.1) is 0 Å². The van der Waals surface area contributed by atoms with E-state index in [1.54, 1.807) is 4.57 Å². The average Bonchev–Trinajstić information content (AvgIpc) is 3.14. The number of nitrogens with zero attached hydrogens (tertiary/aromatic N) is 2. The third-order valence-corrected chi connectivity index (χ3v) is 6.49. The Morgan fingerprint density at radius 3 is 2.21 bits per heavy atom. The molecular weight excluding hydrogens is 430 g/mol. The highest BCUT2D eigenvalue weighted by molar-refractivity contribution is 7.07. The Morgan fingerprint density at radius 2 is 1.55 bits per heavy atom. The van der Waals surface area contributed by atoms with Gasteiger partial charge in [-0.25, -0.2) is 4.99 Å². The van der Waals surface area contributed by atoms with E-state index in [1.807, 2.05) is 104 Å². The molecule has 0 saturated carbocycles. The molecule has 1 aliphatic heterocycles. The number of allylic oxidation sites excluding steroid dienone is 1. The quantitative estimate of drug-likeness (QED) is 0.512. The molecule has 0 radical (unpaired) electrons. The number of hydrogen-bond donors (Lipinski definition) is 1. The molecule has 5 nitrogen and oxygen atoms in total. The molecule has 5 rings (SSSR count). The summed E-state index contributed by atoms with van der Waals surface area (Å²) in [6.07, 6.45) is 1.87. The number of anilines is 1. The number of aromatic nitrogens is 1. The molecule has 0 saturated heterocycles. The van der Waals surface area contributed by atoms with Gasteiger partial charge in [0.25, 0.3) is 11.5 Å². The van der Waals surface area contributed by atoms with E-state index in [2.05, 4.69) is 10.3 Å². The lowest BCUT2D eigenvalue weighted by atomic mass is 9.95.